The first-order chi connectivity index (χ1) is 4.74. The Morgan fingerprint density at radius 1 is 1.60 bits per heavy atom. The van der Waals surface area contributed by atoms with E-state index in [0.717, 1.165) is 19.3 Å². The molecule has 0 aromatic heterocycles. The molecule has 0 aromatic rings. The van der Waals surface area contributed by atoms with E-state index in [1.807, 2.05) is 7.05 Å². The van der Waals surface area contributed by atoms with Gasteiger partial charge in [0.15, 0.2) is 0 Å². The Labute approximate surface area is 62.0 Å². The van der Waals surface area contributed by atoms with Gasteiger partial charge in [-0.3, -0.25) is 4.79 Å². The molecule has 0 amide bonds. The molecular weight excluding hydrogens is 126 g/mol. The van der Waals surface area contributed by atoms with E-state index < -0.39 is 0 Å². The molecule has 0 spiro atoms. The second-order valence-electron chi connectivity index (χ2n) is 3.15. The summed E-state index contributed by atoms with van der Waals surface area (Å²) >= 11 is 0. The predicted octanol–water partition coefficient (Wildman–Crippen LogP) is 0.963. The van der Waals surface area contributed by atoms with Crippen LogP contribution in [0.3, 0.4) is 0 Å². The predicted molar refractivity (Wildman–Crippen MR) is 40.9 cm³/mol. The molecule has 1 fully saturated rings. The Hall–Kier alpha value is -0.370. The maximum Gasteiger partial charge on any atom is 0.134 e. The van der Waals surface area contributed by atoms with Crippen molar-refractivity contribution in [2.45, 2.75) is 32.2 Å². The lowest BCUT2D eigenvalue weighted by Gasteiger charge is -2.27. The van der Waals surface area contributed by atoms with E-state index in [1.54, 1.807) is 0 Å². The summed E-state index contributed by atoms with van der Waals surface area (Å²) in [6.07, 6.45) is 2.58. The summed E-state index contributed by atoms with van der Waals surface area (Å²) in [6.45, 7) is 2.20. The van der Waals surface area contributed by atoms with Crippen LogP contribution in [0.15, 0.2) is 0 Å². The highest BCUT2D eigenvalue weighted by Gasteiger charge is 2.24. The Bertz CT molecular complexity index is 133. The molecule has 1 aliphatic rings. The summed E-state index contributed by atoms with van der Waals surface area (Å²) in [5, 5.41) is 3.16. The quantitative estimate of drug-likeness (QED) is 0.589. The maximum atomic E-state index is 10.9. The number of Topliss-reactive ketones (excluding diaryl/α,β-unsaturated/α-hetero) is 1. The molecule has 1 saturated carbocycles. The Morgan fingerprint density at radius 3 is 2.80 bits per heavy atom. The molecule has 1 rings (SSSR count). The summed E-state index contributed by atoms with van der Waals surface area (Å²) < 4.78 is 0. The van der Waals surface area contributed by atoms with E-state index in [1.165, 1.54) is 0 Å². The van der Waals surface area contributed by atoms with Gasteiger partial charge in [-0.15, -0.1) is 0 Å². The molecule has 1 aliphatic carbocycles. The van der Waals surface area contributed by atoms with E-state index in [2.05, 4.69) is 12.2 Å². The highest BCUT2D eigenvalue weighted by atomic mass is 16.1. The largest absolute Gasteiger partial charge is 0.316 e. The van der Waals surface area contributed by atoms with E-state index in [-0.39, 0.29) is 0 Å². The topological polar surface area (TPSA) is 29.1 Å². The second-order valence-corrected chi connectivity index (χ2v) is 3.15. The van der Waals surface area contributed by atoms with Crippen LogP contribution in [0.2, 0.25) is 0 Å². The molecule has 10 heavy (non-hydrogen) atoms. The molecule has 0 radical (unpaired) electrons. The monoisotopic (exact) mass is 141 g/mol. The maximum absolute atomic E-state index is 10.9. The lowest BCUT2D eigenvalue weighted by atomic mass is 9.85. The Kier molecular flexibility index (Phi) is 2.44. The van der Waals surface area contributed by atoms with Crippen molar-refractivity contribution in [1.82, 2.24) is 5.32 Å². The van der Waals surface area contributed by atoms with E-state index in [9.17, 15) is 4.79 Å². The van der Waals surface area contributed by atoms with Crippen molar-refractivity contribution < 1.29 is 4.79 Å². The minimum atomic E-state index is 0.414. The van der Waals surface area contributed by atoms with Crippen LogP contribution in [0.4, 0.5) is 0 Å². The number of rotatable bonds is 1. The van der Waals surface area contributed by atoms with Gasteiger partial charge in [0.2, 0.25) is 0 Å². The zero-order chi connectivity index (χ0) is 7.56. The first kappa shape index (κ1) is 7.73. The van der Waals surface area contributed by atoms with Gasteiger partial charge in [-0.1, -0.05) is 6.92 Å². The molecule has 0 aliphatic heterocycles. The van der Waals surface area contributed by atoms with Gasteiger partial charge in [-0.25, -0.2) is 0 Å². The van der Waals surface area contributed by atoms with Crippen molar-refractivity contribution in [3.63, 3.8) is 0 Å². The second kappa shape index (κ2) is 3.15. The van der Waals surface area contributed by atoms with Gasteiger partial charge in [0.25, 0.3) is 0 Å². The molecule has 0 bridgehead atoms. The van der Waals surface area contributed by atoms with Crippen LogP contribution in [0.25, 0.3) is 0 Å². The van der Waals surface area contributed by atoms with Gasteiger partial charge in [0.1, 0.15) is 5.78 Å². The third kappa shape index (κ3) is 1.57. The summed E-state index contributed by atoms with van der Waals surface area (Å²) in [4.78, 5) is 10.9. The van der Waals surface area contributed by atoms with Crippen molar-refractivity contribution in [3.8, 4) is 0 Å². The fourth-order valence-corrected chi connectivity index (χ4v) is 1.52. The number of hydrogen-bond donors (Lipinski definition) is 1. The number of ketones is 1. The standard InChI is InChI=1S/C8H15NO/c1-6-3-4-7(10)5-8(6)9-2/h6,8-9H,3-5H2,1-2H3. The third-order valence-electron chi connectivity index (χ3n) is 2.38. The van der Waals surface area contributed by atoms with Gasteiger partial charge in [0.05, 0.1) is 0 Å². The van der Waals surface area contributed by atoms with Crippen molar-refractivity contribution in [1.29, 1.82) is 0 Å². The molecule has 58 valence electrons. The lowest BCUT2D eigenvalue weighted by Crippen LogP contribution is -2.37. The average Bonchev–Trinajstić information content (AvgIpc) is 1.94. The van der Waals surface area contributed by atoms with Crippen LogP contribution in [0.1, 0.15) is 26.2 Å². The molecule has 0 aromatic carbocycles. The normalized spacial score (nSPS) is 34.4. The Balaban J connectivity index is 2.45. The van der Waals surface area contributed by atoms with Crippen LogP contribution >= 0.6 is 0 Å². The fraction of sp³-hybridized carbons (Fsp3) is 0.875. The van der Waals surface area contributed by atoms with Crippen LogP contribution in [-0.2, 0) is 4.79 Å². The summed E-state index contributed by atoms with van der Waals surface area (Å²) in [5.41, 5.74) is 0. The molecule has 1 N–H and O–H groups in total. The average molecular weight is 141 g/mol. The van der Waals surface area contributed by atoms with Gasteiger partial charge in [-0.05, 0) is 19.4 Å². The molecule has 0 saturated heterocycles. The number of carbonyl (C=O) groups excluding carboxylic acids is 1. The molecule has 0 heterocycles. The van der Waals surface area contributed by atoms with E-state index in [4.69, 9.17) is 0 Å². The van der Waals surface area contributed by atoms with Gasteiger partial charge < -0.3 is 5.32 Å². The minimum Gasteiger partial charge on any atom is -0.316 e. The lowest BCUT2D eigenvalue weighted by molar-refractivity contribution is -0.121. The minimum absolute atomic E-state index is 0.414. The van der Waals surface area contributed by atoms with Crippen LogP contribution in [-0.4, -0.2) is 18.9 Å². The molecule has 2 nitrogen and oxygen atoms in total. The van der Waals surface area contributed by atoms with Gasteiger partial charge in [0, 0.05) is 18.9 Å². The first-order valence-electron chi connectivity index (χ1n) is 3.93. The van der Waals surface area contributed by atoms with E-state index in [0.29, 0.717) is 17.7 Å². The van der Waals surface area contributed by atoms with Crippen molar-refractivity contribution in [2.24, 2.45) is 5.92 Å². The summed E-state index contributed by atoms with van der Waals surface area (Å²) in [7, 11) is 1.93. The molecule has 2 heteroatoms. The van der Waals surface area contributed by atoms with Crippen LogP contribution in [0, 0.1) is 5.92 Å². The fourth-order valence-electron chi connectivity index (χ4n) is 1.52. The Morgan fingerprint density at radius 2 is 2.30 bits per heavy atom. The number of carbonyl (C=O) groups is 1. The number of nitrogens with one attached hydrogen (secondary N) is 1. The highest BCUT2D eigenvalue weighted by molar-refractivity contribution is 5.79. The van der Waals surface area contributed by atoms with Gasteiger partial charge >= 0.3 is 0 Å². The first-order valence-corrected chi connectivity index (χ1v) is 3.93. The molecule has 2 atom stereocenters. The van der Waals surface area contributed by atoms with Gasteiger partial charge in [-0.2, -0.15) is 0 Å². The van der Waals surface area contributed by atoms with Crippen molar-refractivity contribution in [2.75, 3.05) is 7.05 Å². The van der Waals surface area contributed by atoms with Crippen LogP contribution in [0.5, 0.6) is 0 Å². The SMILES string of the molecule is CNC1CC(=O)CCC1C. The third-order valence-corrected chi connectivity index (χ3v) is 2.38. The summed E-state index contributed by atoms with van der Waals surface area (Å²) in [6, 6.07) is 0.432. The van der Waals surface area contributed by atoms with E-state index >= 15 is 0 Å². The molecule has 2 unspecified atom stereocenters. The smallest absolute Gasteiger partial charge is 0.134 e. The number of hydrogen-bond acceptors (Lipinski definition) is 2. The molecular formula is C8H15NO. The van der Waals surface area contributed by atoms with Crippen molar-refractivity contribution >= 4 is 5.78 Å². The highest BCUT2D eigenvalue weighted by Crippen LogP contribution is 2.20. The van der Waals surface area contributed by atoms with Crippen molar-refractivity contribution in [3.05, 3.63) is 0 Å². The van der Waals surface area contributed by atoms with Crippen LogP contribution < -0.4 is 5.32 Å². The summed E-state index contributed by atoms with van der Waals surface area (Å²) in [5.74, 6) is 1.08. The zero-order valence-electron chi connectivity index (χ0n) is 6.68. The zero-order valence-corrected chi connectivity index (χ0v) is 6.68.